The molecule has 1 saturated heterocycles. The van der Waals surface area contributed by atoms with Crippen LogP contribution in [0.5, 0.6) is 0 Å². The van der Waals surface area contributed by atoms with Crippen LogP contribution in [-0.2, 0) is 9.59 Å². The lowest BCUT2D eigenvalue weighted by atomic mass is 9.81. The number of aryl methyl sites for hydroxylation is 1. The molecule has 1 saturated carbocycles. The van der Waals surface area contributed by atoms with Gasteiger partial charge in [-0.05, 0) is 43.5 Å². The number of nitro benzene ring substituents is 1. The zero-order valence-corrected chi connectivity index (χ0v) is 19.4. The van der Waals surface area contributed by atoms with Crippen LogP contribution < -0.4 is 10.6 Å². The van der Waals surface area contributed by atoms with Crippen molar-refractivity contribution < 1.29 is 19.3 Å². The zero-order valence-electron chi connectivity index (χ0n) is 18.7. The Kier molecular flexibility index (Phi) is 6.83. The second-order valence-corrected chi connectivity index (χ2v) is 9.06. The van der Waals surface area contributed by atoms with Gasteiger partial charge in [0.25, 0.3) is 11.6 Å². The van der Waals surface area contributed by atoms with Gasteiger partial charge in [0.15, 0.2) is 0 Å². The minimum absolute atomic E-state index is 0.0682. The molecule has 0 spiro atoms. The van der Waals surface area contributed by atoms with Crippen LogP contribution in [0, 0.1) is 28.9 Å². The van der Waals surface area contributed by atoms with Gasteiger partial charge in [-0.2, -0.15) is 0 Å². The van der Waals surface area contributed by atoms with E-state index in [2.05, 4.69) is 10.6 Å². The first-order chi connectivity index (χ1) is 16.3. The van der Waals surface area contributed by atoms with Crippen LogP contribution in [0.4, 0.5) is 17.1 Å². The van der Waals surface area contributed by atoms with Crippen LogP contribution in [0.25, 0.3) is 0 Å². The monoisotopic (exact) mass is 484 g/mol. The van der Waals surface area contributed by atoms with E-state index < -0.39 is 10.8 Å². The molecule has 3 amide bonds. The van der Waals surface area contributed by atoms with Crippen LogP contribution in [0.2, 0.25) is 5.02 Å². The number of likely N-dealkylation sites (tertiary alicyclic amines) is 1. The SMILES string of the molecule is Cc1ccc(NC(=O)c2cc([N+](=O)[O-])ccc2NCCN2C(=O)[C@H]3CCCC[C@H]3C2=O)cc1Cl. The first-order valence-corrected chi connectivity index (χ1v) is 11.6. The highest BCUT2D eigenvalue weighted by atomic mass is 35.5. The normalized spacial score (nSPS) is 19.6. The molecule has 0 aromatic heterocycles. The number of hydrogen-bond acceptors (Lipinski definition) is 6. The standard InChI is InChI=1S/C24H25ClN4O5/c1-14-6-7-15(12-20(14)25)27-22(30)19-13-16(29(33)34)8-9-21(19)26-10-11-28-23(31)17-4-2-3-5-18(17)24(28)32/h6-9,12-13,17-18,26H,2-5,10-11H2,1H3,(H,27,30)/t17-,18+. The molecule has 1 aliphatic heterocycles. The van der Waals surface area contributed by atoms with Crippen molar-refractivity contribution in [2.24, 2.45) is 11.8 Å². The van der Waals surface area contributed by atoms with E-state index in [4.69, 9.17) is 11.6 Å². The Hall–Kier alpha value is -3.46. The smallest absolute Gasteiger partial charge is 0.270 e. The fraction of sp³-hybridized carbons (Fsp3) is 0.375. The highest BCUT2D eigenvalue weighted by Gasteiger charge is 2.47. The first-order valence-electron chi connectivity index (χ1n) is 11.2. The highest BCUT2D eigenvalue weighted by molar-refractivity contribution is 6.31. The summed E-state index contributed by atoms with van der Waals surface area (Å²) in [5, 5.41) is 17.5. The maximum atomic E-state index is 13.0. The van der Waals surface area contributed by atoms with Crippen LogP contribution in [0.3, 0.4) is 0 Å². The maximum Gasteiger partial charge on any atom is 0.270 e. The van der Waals surface area contributed by atoms with Crippen molar-refractivity contribution in [2.45, 2.75) is 32.6 Å². The van der Waals surface area contributed by atoms with E-state index in [0.717, 1.165) is 31.2 Å². The maximum absolute atomic E-state index is 13.0. The van der Waals surface area contributed by atoms with Crippen LogP contribution in [-0.4, -0.2) is 40.6 Å². The number of hydrogen-bond donors (Lipinski definition) is 2. The number of amides is 3. The van der Waals surface area contributed by atoms with Gasteiger partial charge in [-0.1, -0.05) is 30.5 Å². The largest absolute Gasteiger partial charge is 0.383 e. The summed E-state index contributed by atoms with van der Waals surface area (Å²) in [6, 6.07) is 8.97. The number of rotatable bonds is 7. The average molecular weight is 485 g/mol. The Labute approximate surface area is 201 Å². The van der Waals surface area contributed by atoms with Crippen molar-refractivity contribution in [1.82, 2.24) is 4.90 Å². The number of carbonyl (C=O) groups excluding carboxylic acids is 3. The molecule has 0 radical (unpaired) electrons. The lowest BCUT2D eigenvalue weighted by molar-refractivity contribution is -0.384. The van der Waals surface area contributed by atoms with Gasteiger partial charge in [-0.25, -0.2) is 0 Å². The number of nitrogens with one attached hydrogen (secondary N) is 2. The molecule has 10 heteroatoms. The Balaban J connectivity index is 1.48. The number of carbonyl (C=O) groups is 3. The van der Waals surface area contributed by atoms with Crippen molar-refractivity contribution in [2.75, 3.05) is 23.7 Å². The van der Waals surface area contributed by atoms with Crippen molar-refractivity contribution in [3.05, 3.63) is 62.7 Å². The third kappa shape index (κ3) is 4.75. The predicted octanol–water partition coefficient (Wildman–Crippen LogP) is 4.40. The summed E-state index contributed by atoms with van der Waals surface area (Å²) in [5.74, 6) is -1.25. The molecule has 2 atom stereocenters. The second-order valence-electron chi connectivity index (χ2n) is 8.66. The molecule has 9 nitrogen and oxygen atoms in total. The number of imide groups is 1. The van der Waals surface area contributed by atoms with Gasteiger partial charge in [0, 0.05) is 41.6 Å². The Morgan fingerprint density at radius 2 is 1.79 bits per heavy atom. The quantitative estimate of drug-likeness (QED) is 0.341. The number of benzene rings is 2. The number of nitrogens with zero attached hydrogens (tertiary/aromatic N) is 2. The van der Waals surface area contributed by atoms with Crippen LogP contribution in [0.1, 0.15) is 41.6 Å². The molecule has 34 heavy (non-hydrogen) atoms. The number of anilines is 2. The van der Waals surface area contributed by atoms with E-state index in [-0.39, 0.29) is 48.0 Å². The van der Waals surface area contributed by atoms with Gasteiger partial charge in [-0.3, -0.25) is 29.4 Å². The fourth-order valence-corrected chi connectivity index (χ4v) is 4.79. The summed E-state index contributed by atoms with van der Waals surface area (Å²) in [4.78, 5) is 50.3. The van der Waals surface area contributed by atoms with Gasteiger partial charge in [0.2, 0.25) is 11.8 Å². The van der Waals surface area contributed by atoms with Gasteiger partial charge >= 0.3 is 0 Å². The Morgan fingerprint density at radius 1 is 1.12 bits per heavy atom. The summed E-state index contributed by atoms with van der Waals surface area (Å²) in [6.45, 7) is 2.21. The van der Waals surface area contributed by atoms with E-state index >= 15 is 0 Å². The minimum Gasteiger partial charge on any atom is -0.383 e. The van der Waals surface area contributed by atoms with Gasteiger partial charge in [0.1, 0.15) is 0 Å². The topological polar surface area (TPSA) is 122 Å². The minimum atomic E-state index is -0.577. The first kappa shape index (κ1) is 23.7. The number of non-ortho nitro benzene ring substituents is 1. The molecule has 178 valence electrons. The lowest BCUT2D eigenvalue weighted by Gasteiger charge is -2.19. The van der Waals surface area contributed by atoms with Gasteiger partial charge < -0.3 is 10.6 Å². The zero-order chi connectivity index (χ0) is 24.4. The molecule has 2 N–H and O–H groups in total. The molecular weight excluding hydrogens is 460 g/mol. The van der Waals surface area contributed by atoms with Gasteiger partial charge in [0.05, 0.1) is 22.3 Å². The van der Waals surface area contributed by atoms with Gasteiger partial charge in [-0.15, -0.1) is 0 Å². The molecule has 2 fully saturated rings. The van der Waals surface area contributed by atoms with Crippen molar-refractivity contribution in [1.29, 1.82) is 0 Å². The molecule has 2 aromatic carbocycles. The van der Waals surface area contributed by atoms with E-state index in [1.807, 2.05) is 6.92 Å². The summed E-state index contributed by atoms with van der Waals surface area (Å²) in [6.07, 6.45) is 3.41. The van der Waals surface area contributed by atoms with Crippen molar-refractivity contribution in [3.8, 4) is 0 Å². The molecular formula is C24H25ClN4O5. The number of fused-ring (bicyclic) bond motifs is 1. The molecule has 4 rings (SSSR count). The molecule has 2 aliphatic rings. The van der Waals surface area contributed by atoms with E-state index in [0.29, 0.717) is 16.4 Å². The number of nitro groups is 1. The molecule has 1 aliphatic carbocycles. The highest BCUT2D eigenvalue weighted by Crippen LogP contribution is 2.37. The number of halogens is 1. The van der Waals surface area contributed by atoms with Crippen molar-refractivity contribution in [3.63, 3.8) is 0 Å². The molecule has 1 heterocycles. The van der Waals surface area contributed by atoms with Crippen molar-refractivity contribution >= 4 is 46.4 Å². The van der Waals surface area contributed by atoms with E-state index in [1.54, 1.807) is 18.2 Å². The Bertz CT molecular complexity index is 1140. The second kappa shape index (κ2) is 9.80. The average Bonchev–Trinajstić information content (AvgIpc) is 3.06. The third-order valence-corrected chi connectivity index (χ3v) is 6.88. The predicted molar refractivity (Wildman–Crippen MR) is 128 cm³/mol. The van der Waals surface area contributed by atoms with Crippen LogP contribution in [0.15, 0.2) is 36.4 Å². The summed E-state index contributed by atoms with van der Waals surface area (Å²) in [7, 11) is 0. The fourth-order valence-electron chi connectivity index (χ4n) is 4.61. The van der Waals surface area contributed by atoms with E-state index in [9.17, 15) is 24.5 Å². The molecule has 0 unspecified atom stereocenters. The summed E-state index contributed by atoms with van der Waals surface area (Å²) < 4.78 is 0. The lowest BCUT2D eigenvalue weighted by Crippen LogP contribution is -2.35. The molecule has 0 bridgehead atoms. The third-order valence-electron chi connectivity index (χ3n) is 6.47. The van der Waals surface area contributed by atoms with Crippen LogP contribution >= 0.6 is 11.6 Å². The van der Waals surface area contributed by atoms with E-state index in [1.165, 1.54) is 23.1 Å². The summed E-state index contributed by atoms with van der Waals surface area (Å²) >= 11 is 6.13. The summed E-state index contributed by atoms with van der Waals surface area (Å²) in [5.41, 5.74) is 1.50. The molecule has 2 aromatic rings. The Morgan fingerprint density at radius 3 is 2.41 bits per heavy atom.